The molecule has 0 radical (unpaired) electrons. The van der Waals surface area contributed by atoms with E-state index in [4.69, 9.17) is 16.3 Å². The Morgan fingerprint density at radius 3 is 2.56 bits per heavy atom. The molecule has 1 aliphatic rings. The van der Waals surface area contributed by atoms with Crippen LogP contribution in [0.3, 0.4) is 0 Å². The van der Waals surface area contributed by atoms with Crippen LogP contribution in [0.4, 0.5) is 10.5 Å². The first-order valence-corrected chi connectivity index (χ1v) is 9.37. The lowest BCUT2D eigenvalue weighted by molar-refractivity contribution is 0.156. The van der Waals surface area contributed by atoms with Crippen molar-refractivity contribution in [3.63, 3.8) is 0 Å². The number of benzene rings is 2. The van der Waals surface area contributed by atoms with Gasteiger partial charge in [0.05, 0.1) is 12.1 Å². The van der Waals surface area contributed by atoms with Gasteiger partial charge in [-0.1, -0.05) is 54.1 Å². The van der Waals surface area contributed by atoms with E-state index >= 15 is 0 Å². The summed E-state index contributed by atoms with van der Waals surface area (Å²) in [5.41, 5.74) is 1.87. The second kappa shape index (κ2) is 9.44. The van der Waals surface area contributed by atoms with Crippen LogP contribution in [0.2, 0.25) is 5.02 Å². The van der Waals surface area contributed by atoms with Gasteiger partial charge in [0, 0.05) is 38.4 Å². The molecule has 2 aromatic rings. The highest BCUT2D eigenvalue weighted by Gasteiger charge is 2.20. The van der Waals surface area contributed by atoms with Crippen molar-refractivity contribution in [1.82, 2.24) is 9.80 Å². The fraction of sp³-hybridized carbons (Fsp3) is 0.286. The fourth-order valence-corrected chi connectivity index (χ4v) is 3.24. The third-order valence-corrected chi connectivity index (χ3v) is 4.83. The molecule has 3 rings (SSSR count). The van der Waals surface area contributed by atoms with E-state index in [2.05, 4.69) is 34.5 Å². The third-order valence-electron chi connectivity index (χ3n) is 4.54. The van der Waals surface area contributed by atoms with Crippen LogP contribution in [0, 0.1) is 0 Å². The Bertz CT molecular complexity index is 787. The minimum absolute atomic E-state index is 0.101. The molecule has 5 nitrogen and oxygen atoms in total. The van der Waals surface area contributed by atoms with Gasteiger partial charge in [-0.25, -0.2) is 4.79 Å². The number of nitrogens with zero attached hydrogens (tertiary/aromatic N) is 2. The first kappa shape index (κ1) is 19.3. The molecule has 0 aromatic heterocycles. The molecular formula is C21H24ClN3O2. The van der Waals surface area contributed by atoms with Crippen LogP contribution in [0.5, 0.6) is 5.75 Å². The average Bonchev–Trinajstić information content (AvgIpc) is 2.69. The monoisotopic (exact) mass is 385 g/mol. The molecule has 0 spiro atoms. The van der Waals surface area contributed by atoms with Gasteiger partial charge < -0.3 is 15.0 Å². The molecule has 0 saturated carbocycles. The highest BCUT2D eigenvalue weighted by Crippen LogP contribution is 2.27. The number of hydrogen-bond acceptors (Lipinski definition) is 3. The minimum atomic E-state index is -0.101. The highest BCUT2D eigenvalue weighted by molar-refractivity contribution is 6.32. The van der Waals surface area contributed by atoms with Crippen molar-refractivity contribution in [3.05, 3.63) is 65.2 Å². The fourth-order valence-electron chi connectivity index (χ4n) is 2.98. The summed E-state index contributed by atoms with van der Waals surface area (Å²) in [5, 5.41) is 3.37. The second-order valence-corrected chi connectivity index (χ2v) is 6.79. The van der Waals surface area contributed by atoms with Gasteiger partial charge in [-0.15, -0.1) is 0 Å². The zero-order valence-electron chi connectivity index (χ0n) is 15.4. The van der Waals surface area contributed by atoms with E-state index in [1.54, 1.807) is 25.3 Å². The van der Waals surface area contributed by atoms with Crippen LogP contribution in [-0.4, -0.2) is 55.7 Å². The van der Waals surface area contributed by atoms with Crippen LogP contribution >= 0.6 is 11.6 Å². The zero-order chi connectivity index (χ0) is 19.1. The molecule has 2 aromatic carbocycles. The molecule has 1 saturated heterocycles. The van der Waals surface area contributed by atoms with E-state index in [9.17, 15) is 4.79 Å². The highest BCUT2D eigenvalue weighted by atomic mass is 35.5. The van der Waals surface area contributed by atoms with E-state index in [0.717, 1.165) is 19.6 Å². The van der Waals surface area contributed by atoms with Crippen LogP contribution in [0.25, 0.3) is 6.08 Å². The quantitative estimate of drug-likeness (QED) is 0.838. The molecular weight excluding hydrogens is 362 g/mol. The van der Waals surface area contributed by atoms with Gasteiger partial charge in [0.2, 0.25) is 0 Å². The summed E-state index contributed by atoms with van der Waals surface area (Å²) in [4.78, 5) is 16.6. The maximum atomic E-state index is 12.4. The summed E-state index contributed by atoms with van der Waals surface area (Å²) >= 11 is 6.11. The van der Waals surface area contributed by atoms with Gasteiger partial charge in [-0.3, -0.25) is 4.90 Å². The van der Waals surface area contributed by atoms with E-state index in [0.29, 0.717) is 29.5 Å². The van der Waals surface area contributed by atoms with E-state index in [-0.39, 0.29) is 6.03 Å². The number of rotatable bonds is 5. The molecule has 1 fully saturated rings. The van der Waals surface area contributed by atoms with Crippen LogP contribution in [0.1, 0.15) is 5.56 Å². The number of piperazine rings is 1. The third kappa shape index (κ3) is 5.49. The normalized spacial score (nSPS) is 15.1. The van der Waals surface area contributed by atoms with Crippen LogP contribution < -0.4 is 10.1 Å². The molecule has 6 heteroatoms. The molecule has 0 atom stereocenters. The molecule has 0 aliphatic carbocycles. The number of nitrogens with one attached hydrogen (secondary N) is 1. The molecule has 2 amide bonds. The summed E-state index contributed by atoms with van der Waals surface area (Å²) in [5.74, 6) is 0.590. The van der Waals surface area contributed by atoms with E-state index in [1.807, 2.05) is 23.1 Å². The lowest BCUT2D eigenvalue weighted by Crippen LogP contribution is -2.49. The Morgan fingerprint density at radius 1 is 1.15 bits per heavy atom. The van der Waals surface area contributed by atoms with Crippen molar-refractivity contribution in [2.75, 3.05) is 45.2 Å². The Labute approximate surface area is 165 Å². The summed E-state index contributed by atoms with van der Waals surface area (Å²) in [7, 11) is 1.56. The summed E-state index contributed by atoms with van der Waals surface area (Å²) in [6.45, 7) is 4.01. The second-order valence-electron chi connectivity index (χ2n) is 6.38. The largest absolute Gasteiger partial charge is 0.495 e. The van der Waals surface area contributed by atoms with Crippen molar-refractivity contribution in [1.29, 1.82) is 0 Å². The Morgan fingerprint density at radius 2 is 1.89 bits per heavy atom. The van der Waals surface area contributed by atoms with Crippen molar-refractivity contribution < 1.29 is 9.53 Å². The van der Waals surface area contributed by atoms with Crippen molar-refractivity contribution >= 4 is 29.4 Å². The van der Waals surface area contributed by atoms with Crippen LogP contribution in [0.15, 0.2) is 54.6 Å². The molecule has 27 heavy (non-hydrogen) atoms. The lowest BCUT2D eigenvalue weighted by Gasteiger charge is -2.34. The van der Waals surface area contributed by atoms with Crippen molar-refractivity contribution in [2.24, 2.45) is 0 Å². The molecule has 1 heterocycles. The molecule has 142 valence electrons. The van der Waals surface area contributed by atoms with Gasteiger partial charge in [0.25, 0.3) is 0 Å². The predicted octanol–water partition coefficient (Wildman–Crippen LogP) is 4.21. The predicted molar refractivity (Wildman–Crippen MR) is 111 cm³/mol. The molecule has 1 aliphatic heterocycles. The number of urea groups is 1. The smallest absolute Gasteiger partial charge is 0.321 e. The number of carbonyl (C=O) groups is 1. The number of carbonyl (C=O) groups excluding carboxylic acids is 1. The first-order valence-electron chi connectivity index (χ1n) is 8.99. The van der Waals surface area contributed by atoms with Gasteiger partial charge >= 0.3 is 6.03 Å². The Kier molecular flexibility index (Phi) is 6.74. The van der Waals surface area contributed by atoms with E-state index < -0.39 is 0 Å². The maximum Gasteiger partial charge on any atom is 0.321 e. The number of amides is 2. The summed E-state index contributed by atoms with van der Waals surface area (Å²) in [6.07, 6.45) is 4.30. The van der Waals surface area contributed by atoms with Crippen molar-refractivity contribution in [2.45, 2.75) is 0 Å². The Hall–Kier alpha value is -2.50. The number of ether oxygens (including phenoxy) is 1. The topological polar surface area (TPSA) is 44.8 Å². The number of halogens is 1. The summed E-state index contributed by atoms with van der Waals surface area (Å²) < 4.78 is 5.13. The average molecular weight is 386 g/mol. The molecule has 0 bridgehead atoms. The van der Waals surface area contributed by atoms with Gasteiger partial charge in [0.1, 0.15) is 5.75 Å². The van der Waals surface area contributed by atoms with Gasteiger partial charge in [0.15, 0.2) is 0 Å². The van der Waals surface area contributed by atoms with Gasteiger partial charge in [-0.05, 0) is 23.8 Å². The lowest BCUT2D eigenvalue weighted by atomic mass is 10.2. The first-order chi connectivity index (χ1) is 13.2. The number of methoxy groups -OCH3 is 1. The summed E-state index contributed by atoms with van der Waals surface area (Å²) in [6, 6.07) is 15.4. The SMILES string of the molecule is COc1ccc(NC(=O)N2CCN(C/C=C/c3ccccc3)CC2)cc1Cl. The number of anilines is 1. The molecule has 1 N–H and O–H groups in total. The van der Waals surface area contributed by atoms with Gasteiger partial charge in [-0.2, -0.15) is 0 Å². The minimum Gasteiger partial charge on any atom is -0.495 e. The zero-order valence-corrected chi connectivity index (χ0v) is 16.2. The van der Waals surface area contributed by atoms with Crippen molar-refractivity contribution in [3.8, 4) is 5.75 Å². The van der Waals surface area contributed by atoms with E-state index in [1.165, 1.54) is 5.56 Å². The standard InChI is InChI=1S/C21H24ClN3O2/c1-27-20-10-9-18(16-19(20)22)23-21(26)25-14-12-24(13-15-25)11-5-8-17-6-3-2-4-7-17/h2-10,16H,11-15H2,1H3,(H,23,26)/b8-5+. The van der Waals surface area contributed by atoms with Crippen LogP contribution in [-0.2, 0) is 0 Å². The number of hydrogen-bond donors (Lipinski definition) is 1. The Balaban J connectivity index is 1.45. The molecule has 0 unspecified atom stereocenters. The maximum absolute atomic E-state index is 12.4.